The number of nitrogens with one attached hydrogen (secondary N) is 13. The third-order valence-electron chi connectivity index (χ3n) is 18.7. The van der Waals surface area contributed by atoms with Gasteiger partial charge in [0.15, 0.2) is 5.78 Å². The first kappa shape index (κ1) is 103. The summed E-state index contributed by atoms with van der Waals surface area (Å²) in [6.45, 7) is 8.89. The van der Waals surface area contributed by atoms with Crippen LogP contribution in [-0.4, -0.2) is 231 Å². The number of nitrogens with two attached hydrogens (primary N) is 1. The molecule has 0 fully saturated rings. The first-order chi connectivity index (χ1) is 54.2. The molecule has 0 heterocycles. The number of hydrogen-bond donors (Lipinski definition) is 20. The Bertz CT molecular complexity index is 3180. The summed E-state index contributed by atoms with van der Waals surface area (Å²) in [5, 5.41) is 91.7. The number of carboxylic acid groups (broad SMARTS) is 1. The van der Waals surface area contributed by atoms with Crippen LogP contribution in [0.25, 0.3) is 0 Å². The van der Waals surface area contributed by atoms with E-state index in [1.807, 2.05) is 13.8 Å². The van der Waals surface area contributed by atoms with Crippen molar-refractivity contribution in [3.63, 3.8) is 0 Å². The molecule has 0 aromatic heterocycles. The zero-order chi connectivity index (χ0) is 85.7. The standard InChI is InChI=1S/C78H132N14O22/c1-9-13-17-18-19-20-21-22-23-24-25-26-29-33-64(100)80-43-65(101)83-60(45-93)69(105)81-44-66(102)82-59(41-51-34-36-52(98)37-35-51)75(111)87-56(38-39-63(79)99)73(109)85-54(31-27-14-10-2)70(106)84-55(32-28-15-11-3)71(107)89-58(40-48(5)6)74(110)86-53(30-16-12-4)72(108)90-61(46-94)76(112)91-62(47-95)77(113)92-68(50(8)97)78(114)88-57(49(7)96)42-67(103)104/h34-37,48,50,53-62,68,93-95,97-98H,9-33,38-47H2,1-8H3,(H2,79,99)(H,80,100)(H,81,105)(H,82,102)(H,83,101)(H,84,106)(H,85,109)(H,86,110)(H,87,111)(H,88,114)(H,89,107)(H,90,108)(H,91,112)(H,92,113)(H,103,104)/t50-,53+,54+,55+,56+,57+,58+,59+,60+,61+,62+,68+/m1/s1. The molecule has 646 valence electrons. The highest BCUT2D eigenvalue weighted by atomic mass is 16.4. The van der Waals surface area contributed by atoms with Gasteiger partial charge < -0.3 is 105 Å². The zero-order valence-corrected chi connectivity index (χ0v) is 67.9. The van der Waals surface area contributed by atoms with E-state index in [0.717, 1.165) is 39.5 Å². The number of benzene rings is 1. The van der Waals surface area contributed by atoms with Gasteiger partial charge in [0.05, 0.1) is 51.5 Å². The van der Waals surface area contributed by atoms with Crippen LogP contribution in [0.2, 0.25) is 0 Å². The molecule has 0 saturated heterocycles. The summed E-state index contributed by atoms with van der Waals surface area (Å²) in [6, 6.07) is -12.0. The quantitative estimate of drug-likeness (QED) is 0.0384. The number of amides is 14. The van der Waals surface area contributed by atoms with Crippen LogP contribution < -0.4 is 74.9 Å². The third-order valence-corrected chi connectivity index (χ3v) is 18.7. The van der Waals surface area contributed by atoms with Gasteiger partial charge >= 0.3 is 5.97 Å². The first-order valence-corrected chi connectivity index (χ1v) is 40.3. The summed E-state index contributed by atoms with van der Waals surface area (Å²) >= 11 is 0. The lowest BCUT2D eigenvalue weighted by atomic mass is 10.00. The number of Topliss-reactive ketones (excluding diaryl/α,β-unsaturated/α-hetero) is 1. The van der Waals surface area contributed by atoms with E-state index in [4.69, 9.17) is 5.73 Å². The van der Waals surface area contributed by atoms with Crippen molar-refractivity contribution in [2.75, 3.05) is 32.9 Å². The summed E-state index contributed by atoms with van der Waals surface area (Å²) < 4.78 is 0. The van der Waals surface area contributed by atoms with E-state index in [1.54, 1.807) is 20.8 Å². The molecular weight excluding hydrogens is 1480 g/mol. The second-order valence-corrected chi connectivity index (χ2v) is 29.3. The van der Waals surface area contributed by atoms with Crippen LogP contribution >= 0.6 is 0 Å². The van der Waals surface area contributed by atoms with Crippen molar-refractivity contribution < 1.29 is 107 Å². The van der Waals surface area contributed by atoms with E-state index in [-0.39, 0.29) is 56.1 Å². The van der Waals surface area contributed by atoms with Crippen LogP contribution in [0.4, 0.5) is 0 Å². The number of carbonyl (C=O) groups is 16. The number of unbranched alkanes of at least 4 members (excludes halogenated alkanes) is 17. The topological polar surface area (TPSA) is 577 Å². The average molecular weight is 1620 g/mol. The lowest BCUT2D eigenvalue weighted by Gasteiger charge is -2.29. The molecule has 0 aliphatic heterocycles. The van der Waals surface area contributed by atoms with Gasteiger partial charge in [0.1, 0.15) is 66.2 Å². The van der Waals surface area contributed by atoms with Crippen LogP contribution in [0.3, 0.4) is 0 Å². The Balaban J connectivity index is 3.41. The molecule has 0 aliphatic rings. The Hall–Kier alpha value is -9.42. The first-order valence-electron chi connectivity index (χ1n) is 40.3. The minimum atomic E-state index is -1.90. The number of rotatable bonds is 64. The molecule has 1 rings (SSSR count). The van der Waals surface area contributed by atoms with Gasteiger partial charge in [-0.05, 0) is 76.0 Å². The largest absolute Gasteiger partial charge is 0.508 e. The maximum atomic E-state index is 14.7. The summed E-state index contributed by atoms with van der Waals surface area (Å²) in [7, 11) is 0. The maximum absolute atomic E-state index is 14.7. The summed E-state index contributed by atoms with van der Waals surface area (Å²) in [6.07, 6.45) is 15.2. The van der Waals surface area contributed by atoms with Crippen molar-refractivity contribution in [3.05, 3.63) is 29.8 Å². The van der Waals surface area contributed by atoms with Gasteiger partial charge in [-0.2, -0.15) is 0 Å². The number of primary amides is 1. The van der Waals surface area contributed by atoms with Crippen molar-refractivity contribution in [1.29, 1.82) is 0 Å². The summed E-state index contributed by atoms with van der Waals surface area (Å²) in [5.74, 6) is -15.9. The minimum absolute atomic E-state index is 0.0167. The molecule has 36 heteroatoms. The second-order valence-electron chi connectivity index (χ2n) is 29.3. The van der Waals surface area contributed by atoms with Crippen molar-refractivity contribution in [3.8, 4) is 5.75 Å². The Morgan fingerprint density at radius 2 is 0.719 bits per heavy atom. The molecule has 0 spiro atoms. The monoisotopic (exact) mass is 1620 g/mol. The molecule has 0 bridgehead atoms. The summed E-state index contributed by atoms with van der Waals surface area (Å²) in [5.41, 5.74) is 5.93. The van der Waals surface area contributed by atoms with Crippen LogP contribution in [-0.2, 0) is 83.1 Å². The fourth-order valence-corrected chi connectivity index (χ4v) is 12.0. The third kappa shape index (κ3) is 44.3. The van der Waals surface area contributed by atoms with Gasteiger partial charge in [0.25, 0.3) is 0 Å². The highest BCUT2D eigenvalue weighted by Crippen LogP contribution is 2.17. The molecule has 0 saturated carbocycles. The smallest absolute Gasteiger partial charge is 0.305 e. The van der Waals surface area contributed by atoms with Gasteiger partial charge in [-0.3, -0.25) is 76.7 Å². The molecular formula is C78H132N14O22. The van der Waals surface area contributed by atoms with Gasteiger partial charge in [0, 0.05) is 19.3 Å². The molecule has 12 atom stereocenters. The van der Waals surface area contributed by atoms with Gasteiger partial charge in [-0.25, -0.2) is 0 Å². The normalized spacial score (nSPS) is 14.3. The minimum Gasteiger partial charge on any atom is -0.508 e. The number of phenolic OH excluding ortho intramolecular Hbond substituents is 1. The lowest BCUT2D eigenvalue weighted by Crippen LogP contribution is -2.62. The van der Waals surface area contributed by atoms with Crippen molar-refractivity contribution in [2.45, 2.75) is 321 Å². The van der Waals surface area contributed by atoms with E-state index in [1.165, 1.54) is 75.6 Å². The molecule has 0 aliphatic carbocycles. The maximum Gasteiger partial charge on any atom is 0.305 e. The highest BCUT2D eigenvalue weighted by Gasteiger charge is 2.37. The number of carboxylic acids is 1. The van der Waals surface area contributed by atoms with Crippen LogP contribution in [0.5, 0.6) is 5.75 Å². The predicted molar refractivity (Wildman–Crippen MR) is 421 cm³/mol. The van der Waals surface area contributed by atoms with Gasteiger partial charge in [-0.1, -0.05) is 182 Å². The van der Waals surface area contributed by atoms with E-state index < -0.39 is 213 Å². The number of hydrogen-bond acceptors (Lipinski definition) is 21. The van der Waals surface area contributed by atoms with Crippen molar-refractivity contribution in [2.24, 2.45) is 11.7 Å². The van der Waals surface area contributed by atoms with E-state index >= 15 is 0 Å². The molecule has 1 aromatic rings. The Morgan fingerprint density at radius 3 is 1.14 bits per heavy atom. The fourth-order valence-electron chi connectivity index (χ4n) is 12.0. The number of ketones is 1. The SMILES string of the molecule is CCCCCCCCCCCCCCCC(=O)NCC(=O)N[C@@H](CO)C(=O)NCC(=O)N[C@@H](Cc1ccc(O)cc1)C(=O)N[C@@H](CCC(N)=O)C(=O)N[C@@H](CCCCC)C(=O)N[C@@H](CCCCC)C(=O)N[C@@H](CC(C)C)C(=O)N[C@@H](CCCC)C(=O)N[C@@H](CO)C(=O)N[C@@H](CO)C(=O)N[C@H](C(=O)N[C@@H](CC(=O)O)C(C)=O)[C@@H](C)O. The number of aliphatic hydroxyl groups excluding tert-OH is 4. The highest BCUT2D eigenvalue weighted by molar-refractivity contribution is 6.00. The molecule has 14 amide bonds. The molecule has 114 heavy (non-hydrogen) atoms. The van der Waals surface area contributed by atoms with Crippen LogP contribution in [0.1, 0.15) is 247 Å². The van der Waals surface area contributed by atoms with Crippen molar-refractivity contribution in [1.82, 2.24) is 69.1 Å². The molecule has 36 nitrogen and oxygen atoms in total. The average Bonchev–Trinajstić information content (AvgIpc) is 0.857. The Morgan fingerprint density at radius 1 is 0.368 bits per heavy atom. The summed E-state index contributed by atoms with van der Waals surface area (Å²) in [4.78, 5) is 215. The zero-order valence-electron chi connectivity index (χ0n) is 67.9. The molecule has 1 aromatic carbocycles. The lowest BCUT2D eigenvalue weighted by molar-refractivity contribution is -0.141. The fraction of sp³-hybridized carbons (Fsp3) is 0.718. The Kier molecular flexibility index (Phi) is 53.4. The van der Waals surface area contributed by atoms with Gasteiger partial charge in [0.2, 0.25) is 82.7 Å². The number of aliphatic carboxylic acids is 1. The molecule has 21 N–H and O–H groups in total. The van der Waals surface area contributed by atoms with E-state index in [2.05, 4.69) is 76.0 Å². The van der Waals surface area contributed by atoms with Crippen LogP contribution in [0, 0.1) is 5.92 Å². The predicted octanol–water partition coefficient (Wildman–Crippen LogP) is 0.0650. The van der Waals surface area contributed by atoms with E-state index in [0.29, 0.717) is 63.4 Å². The van der Waals surface area contributed by atoms with Crippen LogP contribution in [0.15, 0.2) is 24.3 Å². The van der Waals surface area contributed by atoms with E-state index in [9.17, 15) is 107 Å². The van der Waals surface area contributed by atoms with Crippen molar-refractivity contribution >= 4 is 94.5 Å². The van der Waals surface area contributed by atoms with Gasteiger partial charge in [-0.15, -0.1) is 0 Å². The number of phenols is 1. The Labute approximate surface area is 669 Å². The molecule has 0 radical (unpaired) electrons. The number of carbonyl (C=O) groups excluding carboxylic acids is 15. The number of aliphatic hydroxyl groups is 4. The second kappa shape index (κ2) is 59.3. The number of aromatic hydroxyl groups is 1. The molecule has 0 unspecified atom stereocenters.